The zero-order valence-electron chi connectivity index (χ0n) is 17.3. The largest absolute Gasteiger partial charge is 0.416 e. The van der Waals surface area contributed by atoms with Crippen molar-refractivity contribution in [1.29, 1.82) is 0 Å². The predicted molar refractivity (Wildman–Crippen MR) is 114 cm³/mol. The number of alkyl halides is 3. The summed E-state index contributed by atoms with van der Waals surface area (Å²) in [7, 11) is 0. The van der Waals surface area contributed by atoms with E-state index in [1.54, 1.807) is 18.2 Å². The van der Waals surface area contributed by atoms with Gasteiger partial charge in [-0.2, -0.15) is 18.4 Å². The van der Waals surface area contributed by atoms with Gasteiger partial charge in [-0.15, -0.1) is 10.2 Å². The van der Waals surface area contributed by atoms with E-state index in [1.807, 2.05) is 11.0 Å². The van der Waals surface area contributed by atoms with Gasteiger partial charge in [0.05, 0.1) is 23.0 Å². The highest BCUT2D eigenvalue weighted by Crippen LogP contribution is 2.36. The summed E-state index contributed by atoms with van der Waals surface area (Å²) in [5, 5.41) is 14.3. The van der Waals surface area contributed by atoms with Crippen LogP contribution >= 0.6 is 0 Å². The summed E-state index contributed by atoms with van der Waals surface area (Å²) in [6.45, 7) is 2.58. The van der Waals surface area contributed by atoms with Crippen molar-refractivity contribution in [2.45, 2.75) is 12.7 Å². The Morgan fingerprint density at radius 1 is 1.03 bits per heavy atom. The highest BCUT2D eigenvalue weighted by molar-refractivity contribution is 5.77. The van der Waals surface area contributed by atoms with Crippen molar-refractivity contribution in [3.63, 3.8) is 0 Å². The molecule has 3 heterocycles. The highest BCUT2D eigenvalue weighted by atomic mass is 19.4. The number of piperazine rings is 1. The van der Waals surface area contributed by atoms with Gasteiger partial charge in [0.1, 0.15) is 5.82 Å². The fraction of sp³-hybridized carbons (Fsp3) is 0.286. The average molecular weight is 456 g/mol. The van der Waals surface area contributed by atoms with Crippen LogP contribution in [0.1, 0.15) is 11.4 Å². The third kappa shape index (κ3) is 4.29. The summed E-state index contributed by atoms with van der Waals surface area (Å²) < 4.78 is 40.0. The van der Waals surface area contributed by atoms with Crippen LogP contribution in [0.25, 0.3) is 22.3 Å². The van der Waals surface area contributed by atoms with Gasteiger partial charge in [0, 0.05) is 37.4 Å². The molecule has 9 nitrogen and oxygen atoms in total. The number of nitrogens with one attached hydrogen (secondary N) is 2. The van der Waals surface area contributed by atoms with Crippen molar-refractivity contribution in [2.75, 3.05) is 31.1 Å². The van der Waals surface area contributed by atoms with Crippen LogP contribution in [0.5, 0.6) is 0 Å². The van der Waals surface area contributed by atoms with Gasteiger partial charge in [-0.1, -0.05) is 12.1 Å². The molecule has 0 radical (unpaired) electrons. The van der Waals surface area contributed by atoms with Gasteiger partial charge in [-0.25, -0.2) is 4.98 Å². The van der Waals surface area contributed by atoms with Crippen LogP contribution in [0.3, 0.4) is 0 Å². The number of para-hydroxylation sites is 1. The maximum Gasteiger partial charge on any atom is 0.416 e. The lowest BCUT2D eigenvalue weighted by atomic mass is 10.1. The summed E-state index contributed by atoms with van der Waals surface area (Å²) >= 11 is 0. The number of aromatic nitrogens is 6. The normalized spacial score (nSPS) is 15.3. The Kier molecular flexibility index (Phi) is 5.29. The zero-order chi connectivity index (χ0) is 23.0. The molecule has 0 atom stereocenters. The molecule has 4 aromatic rings. The molecule has 0 unspecified atom stereocenters. The van der Waals surface area contributed by atoms with Crippen molar-refractivity contribution in [2.24, 2.45) is 0 Å². The lowest BCUT2D eigenvalue weighted by Crippen LogP contribution is -2.46. The average Bonchev–Trinajstić information content (AvgIpc) is 3.34. The lowest BCUT2D eigenvalue weighted by molar-refractivity contribution is -0.137. The molecule has 12 heteroatoms. The minimum Gasteiger partial charge on any atom is -0.368 e. The molecule has 33 heavy (non-hydrogen) atoms. The highest BCUT2D eigenvalue weighted by Gasteiger charge is 2.32. The van der Waals surface area contributed by atoms with E-state index in [0.29, 0.717) is 60.7 Å². The maximum atomic E-state index is 13.3. The molecule has 0 spiro atoms. The van der Waals surface area contributed by atoms with Crippen LogP contribution in [0.2, 0.25) is 0 Å². The fourth-order valence-electron chi connectivity index (χ4n) is 4.00. The number of nitrogens with zero attached hydrogens (tertiary/aromatic N) is 6. The molecule has 0 saturated carbocycles. The molecule has 0 amide bonds. The second-order valence-corrected chi connectivity index (χ2v) is 7.76. The van der Waals surface area contributed by atoms with Crippen molar-refractivity contribution in [1.82, 2.24) is 35.5 Å². The van der Waals surface area contributed by atoms with E-state index in [2.05, 4.69) is 35.5 Å². The first-order valence-corrected chi connectivity index (χ1v) is 10.3. The molecule has 1 saturated heterocycles. The first kappa shape index (κ1) is 21.1. The van der Waals surface area contributed by atoms with E-state index in [0.717, 1.165) is 12.1 Å². The van der Waals surface area contributed by atoms with Gasteiger partial charge in [-0.05, 0) is 35.5 Å². The number of hydrogen-bond acceptors (Lipinski definition) is 7. The van der Waals surface area contributed by atoms with Crippen LogP contribution in [0, 0.1) is 0 Å². The second-order valence-electron chi connectivity index (χ2n) is 7.76. The molecule has 5 rings (SSSR count). The third-order valence-corrected chi connectivity index (χ3v) is 5.66. The first-order valence-electron chi connectivity index (χ1n) is 10.3. The number of fused-ring (bicyclic) bond motifs is 1. The van der Waals surface area contributed by atoms with Crippen LogP contribution in [-0.4, -0.2) is 61.7 Å². The van der Waals surface area contributed by atoms with Gasteiger partial charge in [0.15, 0.2) is 0 Å². The molecular formula is C21H19F3N8O. The maximum absolute atomic E-state index is 13.3. The van der Waals surface area contributed by atoms with Gasteiger partial charge < -0.3 is 9.88 Å². The lowest BCUT2D eigenvalue weighted by Gasteiger charge is -2.36. The van der Waals surface area contributed by atoms with E-state index < -0.39 is 11.7 Å². The number of tetrazole rings is 1. The van der Waals surface area contributed by atoms with Crippen LogP contribution < -0.4 is 10.5 Å². The van der Waals surface area contributed by atoms with E-state index in [-0.39, 0.29) is 11.4 Å². The standard InChI is InChI=1S/C21H19F3N8O/c22-21(23,24)13-5-6-15(19-27-29-30-28-19)17(11-13)32-9-7-31(8-10-32)12-18-25-16-4-2-1-3-14(16)20(33)26-18/h1-6,11H,7-10,12H2,(H,25,26,33)(H,27,28,29,30). The Labute approximate surface area is 185 Å². The Hall–Kier alpha value is -3.80. The van der Waals surface area contributed by atoms with Crippen molar-refractivity contribution < 1.29 is 13.2 Å². The number of benzene rings is 2. The number of rotatable bonds is 4. The molecular weight excluding hydrogens is 437 g/mol. The molecule has 2 N–H and O–H groups in total. The van der Waals surface area contributed by atoms with Gasteiger partial charge in [0.2, 0.25) is 5.82 Å². The Balaban J connectivity index is 1.35. The minimum atomic E-state index is -4.46. The fourth-order valence-corrected chi connectivity index (χ4v) is 4.00. The summed E-state index contributed by atoms with van der Waals surface area (Å²) in [4.78, 5) is 23.6. The number of aromatic amines is 2. The van der Waals surface area contributed by atoms with Crippen molar-refractivity contribution >= 4 is 16.6 Å². The Bertz CT molecular complexity index is 1330. The smallest absolute Gasteiger partial charge is 0.368 e. The Morgan fingerprint density at radius 2 is 1.82 bits per heavy atom. The van der Waals surface area contributed by atoms with E-state index in [9.17, 15) is 18.0 Å². The van der Waals surface area contributed by atoms with Crippen LogP contribution in [-0.2, 0) is 12.7 Å². The number of H-pyrrole nitrogens is 2. The zero-order valence-corrected chi connectivity index (χ0v) is 17.3. The van der Waals surface area contributed by atoms with Crippen molar-refractivity contribution in [3.8, 4) is 11.4 Å². The predicted octanol–water partition coefficient (Wildman–Crippen LogP) is 2.44. The number of halogens is 3. The van der Waals surface area contributed by atoms with Crippen LogP contribution in [0.4, 0.5) is 18.9 Å². The molecule has 1 aliphatic rings. The topological polar surface area (TPSA) is 107 Å². The van der Waals surface area contributed by atoms with Gasteiger partial charge >= 0.3 is 6.18 Å². The molecule has 2 aromatic carbocycles. The molecule has 2 aromatic heterocycles. The molecule has 170 valence electrons. The van der Waals surface area contributed by atoms with E-state index >= 15 is 0 Å². The number of anilines is 1. The Morgan fingerprint density at radius 3 is 2.55 bits per heavy atom. The minimum absolute atomic E-state index is 0.192. The molecule has 0 bridgehead atoms. The third-order valence-electron chi connectivity index (χ3n) is 5.66. The summed E-state index contributed by atoms with van der Waals surface area (Å²) in [5.41, 5.74) is 0.588. The van der Waals surface area contributed by atoms with E-state index in [1.165, 1.54) is 6.07 Å². The summed E-state index contributed by atoms with van der Waals surface area (Å²) in [6, 6.07) is 10.7. The summed E-state index contributed by atoms with van der Waals surface area (Å²) in [5.74, 6) is 0.790. The SMILES string of the molecule is O=c1[nH]c(CN2CCN(c3cc(C(F)(F)F)ccc3-c3nn[nH]n3)CC2)nc2ccccc12. The second kappa shape index (κ2) is 8.28. The van der Waals surface area contributed by atoms with Gasteiger partial charge in [-0.3, -0.25) is 9.69 Å². The van der Waals surface area contributed by atoms with Crippen molar-refractivity contribution in [3.05, 3.63) is 64.2 Å². The van der Waals surface area contributed by atoms with Gasteiger partial charge in [0.25, 0.3) is 5.56 Å². The first-order chi connectivity index (χ1) is 15.9. The molecule has 1 fully saturated rings. The van der Waals surface area contributed by atoms with E-state index in [4.69, 9.17) is 0 Å². The molecule has 1 aliphatic heterocycles. The molecule has 0 aliphatic carbocycles. The number of hydrogen-bond donors (Lipinski definition) is 2. The quantitative estimate of drug-likeness (QED) is 0.486. The monoisotopic (exact) mass is 456 g/mol. The summed E-state index contributed by atoms with van der Waals surface area (Å²) in [6.07, 6.45) is -4.46. The van der Waals surface area contributed by atoms with Crippen LogP contribution in [0.15, 0.2) is 47.3 Å².